The van der Waals surface area contributed by atoms with Gasteiger partial charge in [0.05, 0.1) is 24.4 Å². The molecule has 2 aromatic rings. The van der Waals surface area contributed by atoms with Crippen molar-refractivity contribution in [3.05, 3.63) is 56.6 Å². The highest BCUT2D eigenvalue weighted by molar-refractivity contribution is 6.36. The van der Waals surface area contributed by atoms with Crippen LogP contribution < -0.4 is 9.47 Å². The van der Waals surface area contributed by atoms with E-state index in [1.807, 2.05) is 0 Å². The summed E-state index contributed by atoms with van der Waals surface area (Å²) in [7, 11) is 0. The summed E-state index contributed by atoms with van der Waals surface area (Å²) in [5, 5.41) is 45.4. The fourth-order valence-corrected chi connectivity index (χ4v) is 8.03. The van der Waals surface area contributed by atoms with E-state index in [-0.39, 0.29) is 69.9 Å². The predicted octanol–water partition coefficient (Wildman–Crippen LogP) is 4.31. The predicted molar refractivity (Wildman–Crippen MR) is 169 cm³/mol. The maximum atomic E-state index is 14.1. The van der Waals surface area contributed by atoms with Gasteiger partial charge in [0.25, 0.3) is 11.2 Å². The minimum Gasteiger partial charge on any atom is -0.506 e. The van der Waals surface area contributed by atoms with E-state index in [1.165, 1.54) is 24.3 Å². The van der Waals surface area contributed by atoms with Crippen molar-refractivity contribution in [2.24, 2.45) is 11.8 Å². The van der Waals surface area contributed by atoms with Gasteiger partial charge in [-0.3, -0.25) is 9.59 Å². The van der Waals surface area contributed by atoms with Crippen LogP contribution in [0.1, 0.15) is 61.3 Å². The highest BCUT2D eigenvalue weighted by Gasteiger charge is 2.64. The fourth-order valence-electron chi connectivity index (χ4n) is 7.09. The third-order valence-corrected chi connectivity index (χ3v) is 10.1. The van der Waals surface area contributed by atoms with Gasteiger partial charge in [0.15, 0.2) is 0 Å². The van der Waals surface area contributed by atoms with Gasteiger partial charge in [0, 0.05) is 21.2 Å². The summed E-state index contributed by atoms with van der Waals surface area (Å²) in [5.74, 6) is -6.93. The standard InChI is InChI=1S/C34H32Cl2O12/c1-5-45-31(43)33-23(17(35)11-13(3)29(33)41)27(39)21-19(47-33)9-7-15(25(21)37)16-8-10-20-22(26(16)38)28(40)24-18(36)12-14(4)30(42)34(24,48-20)32(44)46-6-2/h7-10,13-14,29-30,37-38,41-42H,5-6,11-12H2,1-4H3/t13-,14-,29+,30+,33+,34+/m1/s1. The molecular weight excluding hydrogens is 671 g/mol. The van der Waals surface area contributed by atoms with Gasteiger partial charge in [0.1, 0.15) is 46.3 Å². The number of aromatic hydroxyl groups is 2. The molecule has 0 fully saturated rings. The van der Waals surface area contributed by atoms with Gasteiger partial charge in [-0.05, 0) is 62.8 Å². The molecule has 2 aromatic carbocycles. The van der Waals surface area contributed by atoms with Crippen molar-refractivity contribution in [1.82, 2.24) is 0 Å². The molecule has 0 spiro atoms. The number of aliphatic hydroxyl groups excluding tert-OH is 2. The Bertz CT molecular complexity index is 1730. The molecular formula is C34H32Cl2O12. The number of phenols is 2. The molecule has 48 heavy (non-hydrogen) atoms. The Morgan fingerprint density at radius 2 is 1.10 bits per heavy atom. The number of phenolic OH excluding ortho intramolecular Hbond substituents is 2. The zero-order chi connectivity index (χ0) is 35.0. The first-order chi connectivity index (χ1) is 22.7. The van der Waals surface area contributed by atoms with Gasteiger partial charge in [0.2, 0.25) is 11.6 Å². The SMILES string of the molecule is CCOC(=O)[C@]12Oc3ccc(-c4ccc5c(c4O)C(=O)C4=C(Cl)C[C@@H](C)[C@H](O)[C@@]4(C(=O)OCC)O5)c(O)c3C(=O)C1=C(Cl)C[C@@H](C)[C@@H]2O. The number of Topliss-reactive ketones (excluding diaryl/α,β-unsaturated/α-hetero) is 2. The van der Waals surface area contributed by atoms with Gasteiger partial charge >= 0.3 is 11.9 Å². The topological polar surface area (TPSA) is 186 Å². The first-order valence-corrected chi connectivity index (χ1v) is 16.1. The minimum atomic E-state index is -2.29. The summed E-state index contributed by atoms with van der Waals surface area (Å²) in [4.78, 5) is 54.8. The number of allylic oxidation sites excluding steroid dienone is 2. The summed E-state index contributed by atoms with van der Waals surface area (Å²) in [5.41, 5.74) is -6.40. The molecule has 2 aliphatic heterocycles. The largest absolute Gasteiger partial charge is 0.506 e. The highest BCUT2D eigenvalue weighted by atomic mass is 35.5. The number of hydrogen-bond donors (Lipinski definition) is 4. The molecule has 2 aliphatic carbocycles. The Kier molecular flexibility index (Phi) is 8.30. The first-order valence-electron chi connectivity index (χ1n) is 15.4. The average molecular weight is 704 g/mol. The van der Waals surface area contributed by atoms with Crippen molar-refractivity contribution >= 4 is 46.7 Å². The van der Waals surface area contributed by atoms with Crippen LogP contribution in [0.4, 0.5) is 0 Å². The van der Waals surface area contributed by atoms with E-state index in [4.69, 9.17) is 42.1 Å². The smallest absolute Gasteiger partial charge is 0.358 e. The lowest BCUT2D eigenvalue weighted by atomic mass is 9.70. The molecule has 0 unspecified atom stereocenters. The van der Waals surface area contributed by atoms with Crippen molar-refractivity contribution < 1.29 is 58.6 Å². The fraction of sp³-hybridized carbons (Fsp3) is 0.412. The zero-order valence-corrected chi connectivity index (χ0v) is 27.8. The second-order valence-electron chi connectivity index (χ2n) is 12.3. The maximum absolute atomic E-state index is 14.1. The van der Waals surface area contributed by atoms with Gasteiger partial charge in [-0.15, -0.1) is 0 Å². The lowest BCUT2D eigenvalue weighted by Crippen LogP contribution is -2.63. The summed E-state index contributed by atoms with van der Waals surface area (Å²) in [6.07, 6.45) is -2.96. The number of benzene rings is 2. The number of hydrogen-bond acceptors (Lipinski definition) is 12. The Morgan fingerprint density at radius 3 is 1.44 bits per heavy atom. The van der Waals surface area contributed by atoms with E-state index in [0.717, 1.165) is 0 Å². The summed E-state index contributed by atoms with van der Waals surface area (Å²) < 4.78 is 22.5. The summed E-state index contributed by atoms with van der Waals surface area (Å²) >= 11 is 13.1. The molecule has 0 amide bonds. The second kappa shape index (κ2) is 11.8. The lowest BCUT2D eigenvalue weighted by molar-refractivity contribution is -0.172. The molecule has 0 saturated carbocycles. The third kappa shape index (κ3) is 4.42. The molecule has 2 heterocycles. The molecule has 0 bridgehead atoms. The lowest BCUT2D eigenvalue weighted by Gasteiger charge is -2.46. The Morgan fingerprint density at radius 1 is 0.750 bits per heavy atom. The van der Waals surface area contributed by atoms with Gasteiger partial charge in [-0.1, -0.05) is 37.0 Å². The van der Waals surface area contributed by atoms with Crippen LogP contribution in [0, 0.1) is 11.8 Å². The number of fused-ring (bicyclic) bond motifs is 4. The second-order valence-corrected chi connectivity index (χ2v) is 13.2. The molecule has 4 aliphatic rings. The first kappa shape index (κ1) is 33.8. The monoisotopic (exact) mass is 702 g/mol. The van der Waals surface area contributed by atoms with E-state index >= 15 is 0 Å². The van der Waals surface area contributed by atoms with Gasteiger partial charge in [-0.25, -0.2) is 9.59 Å². The Hall–Kier alpha value is -4.10. The van der Waals surface area contributed by atoms with E-state index in [9.17, 15) is 39.6 Å². The van der Waals surface area contributed by atoms with Crippen molar-refractivity contribution in [3.8, 4) is 34.1 Å². The Labute approximate surface area is 284 Å². The molecule has 254 valence electrons. The molecule has 0 saturated heterocycles. The number of ketones is 2. The quantitative estimate of drug-likeness (QED) is 0.324. The molecule has 0 aromatic heterocycles. The number of carbonyl (C=O) groups excluding carboxylic acids is 4. The van der Waals surface area contributed by atoms with Gasteiger partial charge in [-0.2, -0.15) is 0 Å². The van der Waals surface area contributed by atoms with Crippen molar-refractivity contribution in [2.75, 3.05) is 13.2 Å². The van der Waals surface area contributed by atoms with Crippen LogP contribution in [-0.2, 0) is 19.1 Å². The van der Waals surface area contributed by atoms with Crippen LogP contribution in [0.25, 0.3) is 11.1 Å². The number of carbonyl (C=O) groups is 4. The highest BCUT2D eigenvalue weighted by Crippen LogP contribution is 2.55. The molecule has 4 N–H and O–H groups in total. The number of rotatable bonds is 5. The van der Waals surface area contributed by atoms with E-state index in [0.29, 0.717) is 0 Å². The molecule has 6 atom stereocenters. The number of esters is 2. The van der Waals surface area contributed by atoms with Crippen LogP contribution in [-0.4, -0.2) is 80.6 Å². The number of aliphatic hydroxyl groups is 2. The normalized spacial score (nSPS) is 29.2. The number of ether oxygens (including phenoxy) is 4. The van der Waals surface area contributed by atoms with Crippen LogP contribution in [0.3, 0.4) is 0 Å². The maximum Gasteiger partial charge on any atom is 0.358 e. The van der Waals surface area contributed by atoms with E-state index < -0.39 is 81.4 Å². The number of halogens is 2. The zero-order valence-electron chi connectivity index (χ0n) is 26.3. The van der Waals surface area contributed by atoms with Crippen molar-refractivity contribution in [3.63, 3.8) is 0 Å². The average Bonchev–Trinajstić information content (AvgIpc) is 3.02. The van der Waals surface area contributed by atoms with E-state index in [1.54, 1.807) is 27.7 Å². The third-order valence-electron chi connectivity index (χ3n) is 9.38. The van der Waals surface area contributed by atoms with Crippen molar-refractivity contribution in [2.45, 2.75) is 63.9 Å². The van der Waals surface area contributed by atoms with Crippen LogP contribution in [0.5, 0.6) is 23.0 Å². The Balaban J connectivity index is 1.51. The van der Waals surface area contributed by atoms with Gasteiger partial charge < -0.3 is 39.4 Å². The van der Waals surface area contributed by atoms with Crippen molar-refractivity contribution in [1.29, 1.82) is 0 Å². The van der Waals surface area contributed by atoms with E-state index in [2.05, 4.69) is 0 Å². The minimum absolute atomic E-state index is 0.0387. The van der Waals surface area contributed by atoms with Crippen LogP contribution >= 0.6 is 23.2 Å². The molecule has 14 heteroatoms. The molecule has 6 rings (SSSR count). The summed E-state index contributed by atoms with van der Waals surface area (Å²) in [6.45, 7) is 6.20. The van der Waals surface area contributed by atoms with Crippen LogP contribution in [0.15, 0.2) is 45.5 Å². The van der Waals surface area contributed by atoms with Crippen LogP contribution in [0.2, 0.25) is 0 Å². The molecule has 0 radical (unpaired) electrons. The molecule has 12 nitrogen and oxygen atoms in total. The summed E-state index contributed by atoms with van der Waals surface area (Å²) in [6, 6.07) is 5.10.